The molecule has 0 saturated heterocycles. The highest BCUT2D eigenvalue weighted by Gasteiger charge is 2.12. The molecule has 96 valence electrons. The summed E-state index contributed by atoms with van der Waals surface area (Å²) in [5.41, 5.74) is 10.8. The summed E-state index contributed by atoms with van der Waals surface area (Å²) in [7, 11) is 0. The van der Waals surface area contributed by atoms with E-state index in [0.717, 1.165) is 17.1 Å². The van der Waals surface area contributed by atoms with Crippen molar-refractivity contribution in [3.63, 3.8) is 0 Å². The molecular weight excluding hydrogens is 240 g/mol. The highest BCUT2D eigenvalue weighted by molar-refractivity contribution is 7.13. The van der Waals surface area contributed by atoms with E-state index < -0.39 is 0 Å². The van der Waals surface area contributed by atoms with Crippen molar-refractivity contribution in [3.05, 3.63) is 40.4 Å². The molecule has 1 heterocycles. The van der Waals surface area contributed by atoms with E-state index in [1.54, 1.807) is 11.3 Å². The zero-order chi connectivity index (χ0) is 13.1. The minimum Gasteiger partial charge on any atom is -0.330 e. The zero-order valence-electron chi connectivity index (χ0n) is 11.2. The first-order valence-corrected chi connectivity index (χ1v) is 7.26. The summed E-state index contributed by atoms with van der Waals surface area (Å²) in [6, 6.07) is 6.52. The van der Waals surface area contributed by atoms with Gasteiger partial charge >= 0.3 is 0 Å². The lowest BCUT2D eigenvalue weighted by molar-refractivity contribution is 0.659. The van der Waals surface area contributed by atoms with Gasteiger partial charge in [0.25, 0.3) is 0 Å². The van der Waals surface area contributed by atoms with Gasteiger partial charge in [-0.1, -0.05) is 19.1 Å². The van der Waals surface area contributed by atoms with Crippen LogP contribution in [0.4, 0.5) is 0 Å². The summed E-state index contributed by atoms with van der Waals surface area (Å²) in [5, 5.41) is 3.24. The second-order valence-corrected chi connectivity index (χ2v) is 5.58. The minimum absolute atomic E-state index is 0.390. The second-order valence-electron chi connectivity index (χ2n) is 4.72. The van der Waals surface area contributed by atoms with Gasteiger partial charge in [0.2, 0.25) is 0 Å². The maximum Gasteiger partial charge on any atom is 0.123 e. The minimum atomic E-state index is 0.390. The van der Waals surface area contributed by atoms with Crippen molar-refractivity contribution in [2.45, 2.75) is 33.1 Å². The van der Waals surface area contributed by atoms with Gasteiger partial charge in [-0.2, -0.15) is 0 Å². The Labute approximate surface area is 113 Å². The maximum absolute atomic E-state index is 5.77. The van der Waals surface area contributed by atoms with Gasteiger partial charge in [0, 0.05) is 23.4 Å². The maximum atomic E-state index is 5.77. The Kier molecular flexibility index (Phi) is 4.15. The van der Waals surface area contributed by atoms with Gasteiger partial charge in [-0.15, -0.1) is 11.3 Å². The number of thiazole rings is 1. The molecule has 18 heavy (non-hydrogen) atoms. The van der Waals surface area contributed by atoms with Gasteiger partial charge < -0.3 is 5.73 Å². The van der Waals surface area contributed by atoms with Crippen molar-refractivity contribution in [1.29, 1.82) is 0 Å². The third-order valence-corrected chi connectivity index (χ3v) is 4.38. The van der Waals surface area contributed by atoms with Crippen molar-refractivity contribution >= 4 is 11.3 Å². The van der Waals surface area contributed by atoms with Crippen LogP contribution in [-0.4, -0.2) is 11.5 Å². The monoisotopic (exact) mass is 260 g/mol. The lowest BCUT2D eigenvalue weighted by atomic mass is 10.0. The first kappa shape index (κ1) is 13.2. The molecule has 1 aromatic heterocycles. The molecule has 1 unspecified atom stereocenters. The molecule has 2 N–H and O–H groups in total. The number of benzene rings is 1. The molecule has 1 atom stereocenters. The summed E-state index contributed by atoms with van der Waals surface area (Å²) in [6.45, 7) is 7.11. The predicted molar refractivity (Wildman–Crippen MR) is 79.1 cm³/mol. The normalized spacial score (nSPS) is 12.7. The molecular formula is C15H20N2S. The van der Waals surface area contributed by atoms with Crippen molar-refractivity contribution in [1.82, 2.24) is 4.98 Å². The van der Waals surface area contributed by atoms with Crippen molar-refractivity contribution in [3.8, 4) is 10.6 Å². The topological polar surface area (TPSA) is 38.9 Å². The SMILES string of the molecule is CCC(CN)c1csc(-c2ccc(C)c(C)c2)n1. The average molecular weight is 260 g/mol. The molecule has 0 aliphatic rings. The molecule has 0 amide bonds. The van der Waals surface area contributed by atoms with Crippen LogP contribution in [0.25, 0.3) is 10.6 Å². The van der Waals surface area contributed by atoms with E-state index >= 15 is 0 Å². The number of nitrogens with two attached hydrogens (primary N) is 1. The predicted octanol–water partition coefficient (Wildman–Crippen LogP) is 3.88. The smallest absolute Gasteiger partial charge is 0.123 e. The molecule has 0 radical (unpaired) electrons. The third-order valence-electron chi connectivity index (χ3n) is 3.47. The van der Waals surface area contributed by atoms with E-state index in [9.17, 15) is 0 Å². The first-order valence-electron chi connectivity index (χ1n) is 6.38. The van der Waals surface area contributed by atoms with Gasteiger partial charge in [0.1, 0.15) is 5.01 Å². The van der Waals surface area contributed by atoms with Crippen LogP contribution in [0.5, 0.6) is 0 Å². The Hall–Kier alpha value is -1.19. The van der Waals surface area contributed by atoms with Gasteiger partial charge in [-0.25, -0.2) is 4.98 Å². The summed E-state index contributed by atoms with van der Waals surface area (Å²) in [4.78, 5) is 4.73. The highest BCUT2D eigenvalue weighted by atomic mass is 32.1. The van der Waals surface area contributed by atoms with Gasteiger partial charge in [0.15, 0.2) is 0 Å². The fraction of sp³-hybridized carbons (Fsp3) is 0.400. The zero-order valence-corrected chi connectivity index (χ0v) is 12.1. The van der Waals surface area contributed by atoms with E-state index in [1.165, 1.54) is 16.7 Å². The molecule has 0 aliphatic heterocycles. The van der Waals surface area contributed by atoms with E-state index in [-0.39, 0.29) is 0 Å². The molecule has 2 nitrogen and oxygen atoms in total. The van der Waals surface area contributed by atoms with E-state index in [1.807, 2.05) is 0 Å². The van der Waals surface area contributed by atoms with Gasteiger partial charge in [-0.3, -0.25) is 0 Å². The van der Waals surface area contributed by atoms with Crippen molar-refractivity contribution < 1.29 is 0 Å². The van der Waals surface area contributed by atoms with Crippen LogP contribution in [0, 0.1) is 13.8 Å². The van der Waals surface area contributed by atoms with Crippen LogP contribution in [0.3, 0.4) is 0 Å². The number of rotatable bonds is 4. The van der Waals surface area contributed by atoms with Crippen LogP contribution >= 0.6 is 11.3 Å². The van der Waals surface area contributed by atoms with Gasteiger partial charge in [-0.05, 0) is 37.5 Å². The summed E-state index contributed by atoms with van der Waals surface area (Å²) in [6.07, 6.45) is 1.05. The fourth-order valence-electron chi connectivity index (χ4n) is 1.98. The fourth-order valence-corrected chi connectivity index (χ4v) is 2.88. The standard InChI is InChI=1S/C15H20N2S/c1-4-12(8-16)14-9-18-15(17-14)13-6-5-10(2)11(3)7-13/h5-7,9,12H,4,8,16H2,1-3H3. The molecule has 2 rings (SSSR count). The number of aromatic nitrogens is 1. The van der Waals surface area contributed by atoms with Crippen molar-refractivity contribution in [2.24, 2.45) is 5.73 Å². The van der Waals surface area contributed by atoms with E-state index in [4.69, 9.17) is 10.7 Å². The molecule has 0 aliphatic carbocycles. The van der Waals surface area contributed by atoms with E-state index in [0.29, 0.717) is 12.5 Å². The third kappa shape index (κ3) is 2.62. The van der Waals surface area contributed by atoms with Crippen molar-refractivity contribution in [2.75, 3.05) is 6.54 Å². The van der Waals surface area contributed by atoms with Crippen LogP contribution in [-0.2, 0) is 0 Å². The number of nitrogens with zero attached hydrogens (tertiary/aromatic N) is 1. The number of hydrogen-bond acceptors (Lipinski definition) is 3. The van der Waals surface area contributed by atoms with Crippen LogP contribution < -0.4 is 5.73 Å². The average Bonchev–Trinajstić information content (AvgIpc) is 2.84. The van der Waals surface area contributed by atoms with Gasteiger partial charge in [0.05, 0.1) is 5.69 Å². The highest BCUT2D eigenvalue weighted by Crippen LogP contribution is 2.29. The number of hydrogen-bond donors (Lipinski definition) is 1. The summed E-state index contributed by atoms with van der Waals surface area (Å²) >= 11 is 1.71. The molecule has 3 heteroatoms. The number of aryl methyl sites for hydroxylation is 2. The molecule has 0 fully saturated rings. The Bertz CT molecular complexity index is 527. The Morgan fingerprint density at radius 3 is 2.67 bits per heavy atom. The Morgan fingerprint density at radius 2 is 2.06 bits per heavy atom. The summed E-state index contributed by atoms with van der Waals surface area (Å²) < 4.78 is 0. The largest absolute Gasteiger partial charge is 0.330 e. The lowest BCUT2D eigenvalue weighted by Crippen LogP contribution is -2.11. The first-order chi connectivity index (χ1) is 8.65. The summed E-state index contributed by atoms with van der Waals surface area (Å²) in [5.74, 6) is 0.390. The lowest BCUT2D eigenvalue weighted by Gasteiger charge is -2.07. The van der Waals surface area contributed by atoms with Crippen LogP contribution in [0.2, 0.25) is 0 Å². The molecule has 2 aromatic rings. The molecule has 0 bridgehead atoms. The Balaban J connectivity index is 2.31. The van der Waals surface area contributed by atoms with Crippen LogP contribution in [0.1, 0.15) is 36.1 Å². The molecule has 0 saturated carbocycles. The Morgan fingerprint density at radius 1 is 1.28 bits per heavy atom. The van der Waals surface area contributed by atoms with E-state index in [2.05, 4.69) is 44.4 Å². The van der Waals surface area contributed by atoms with Crippen LogP contribution in [0.15, 0.2) is 23.6 Å². The molecule has 0 spiro atoms. The second kappa shape index (κ2) is 5.63. The quantitative estimate of drug-likeness (QED) is 0.906. The molecule has 1 aromatic carbocycles.